The molecule has 1 aliphatic carbocycles. The second kappa shape index (κ2) is 13.7. The van der Waals surface area contributed by atoms with Crippen molar-refractivity contribution in [1.29, 1.82) is 0 Å². The van der Waals surface area contributed by atoms with Crippen molar-refractivity contribution in [3.63, 3.8) is 0 Å². The number of fused-ring (bicyclic) bond motifs is 4. The number of hydrogen-bond acceptors (Lipinski definition) is 7. The van der Waals surface area contributed by atoms with Gasteiger partial charge in [-0.1, -0.05) is 74.5 Å². The first kappa shape index (κ1) is 30.7. The minimum Gasteiger partial charge on any atom is -0.449 e. The number of nitrogens with two attached hydrogens (primary N) is 2. The van der Waals surface area contributed by atoms with Gasteiger partial charge in [-0.3, -0.25) is 14.6 Å². The third kappa shape index (κ3) is 6.89. The van der Waals surface area contributed by atoms with Crippen molar-refractivity contribution in [1.82, 2.24) is 15.6 Å². The molecule has 1 aromatic heterocycles. The summed E-state index contributed by atoms with van der Waals surface area (Å²) in [5.74, 6) is -1.24. The van der Waals surface area contributed by atoms with Gasteiger partial charge < -0.3 is 26.8 Å². The summed E-state index contributed by atoms with van der Waals surface area (Å²) in [5, 5.41) is 5.87. The molecular weight excluding hydrogens is 576 g/mol. The maximum absolute atomic E-state index is 13.6. The number of nitrogens with one attached hydrogen (secondary N) is 2. The number of alkyl carbamates (subject to hydrolysis) is 1. The van der Waals surface area contributed by atoms with E-state index in [1.54, 1.807) is 0 Å². The average Bonchev–Trinajstić information content (AvgIpc) is 3.59. The Balaban J connectivity index is 1.26. The third-order valence-corrected chi connectivity index (χ3v) is 8.70. The Kier molecular flexibility index (Phi) is 9.54. The summed E-state index contributed by atoms with van der Waals surface area (Å²) < 4.78 is 6.56. The molecule has 0 saturated heterocycles. The molecule has 2 amide bonds. The van der Waals surface area contributed by atoms with Gasteiger partial charge in [0, 0.05) is 12.5 Å². The van der Waals surface area contributed by atoms with Crippen LogP contribution in [0.15, 0.2) is 77.8 Å². The van der Waals surface area contributed by atoms with Crippen LogP contribution in [0, 0.1) is 5.92 Å². The molecule has 6 N–H and O–H groups in total. The quantitative estimate of drug-likeness (QED) is 0.0788. The highest BCUT2D eigenvalue weighted by molar-refractivity contribution is 7.20. The van der Waals surface area contributed by atoms with E-state index in [-0.39, 0.29) is 36.6 Å². The van der Waals surface area contributed by atoms with Gasteiger partial charge in [0.25, 0.3) is 0 Å². The van der Waals surface area contributed by atoms with Crippen LogP contribution in [0.1, 0.15) is 53.5 Å². The number of ether oxygens (including phenoxy) is 1. The molecule has 4 aromatic rings. The highest BCUT2D eigenvalue weighted by Crippen LogP contribution is 2.44. The Bertz CT molecular complexity index is 1620. The maximum atomic E-state index is 13.6. The minimum absolute atomic E-state index is 0.0461. The molecule has 228 valence electrons. The van der Waals surface area contributed by atoms with Gasteiger partial charge in [-0.15, -0.1) is 11.3 Å². The number of rotatable bonds is 12. The van der Waals surface area contributed by atoms with E-state index in [1.165, 1.54) is 11.3 Å². The molecule has 0 bridgehead atoms. The van der Waals surface area contributed by atoms with Crippen molar-refractivity contribution in [3.8, 4) is 11.1 Å². The van der Waals surface area contributed by atoms with Crippen molar-refractivity contribution in [2.24, 2.45) is 22.4 Å². The van der Waals surface area contributed by atoms with Gasteiger partial charge in [-0.05, 0) is 53.1 Å². The number of amides is 2. The van der Waals surface area contributed by atoms with E-state index >= 15 is 0 Å². The van der Waals surface area contributed by atoms with Crippen molar-refractivity contribution in [2.75, 3.05) is 13.2 Å². The summed E-state index contributed by atoms with van der Waals surface area (Å²) in [4.78, 5) is 48.6. The monoisotopic (exact) mass is 612 g/mol. The topological polar surface area (TPSA) is 162 Å². The lowest BCUT2D eigenvalue weighted by Gasteiger charge is -2.25. The number of Topliss-reactive ketones (excluding diaryl/α,β-unsaturated/α-hetero) is 1. The lowest BCUT2D eigenvalue weighted by molar-refractivity contribution is -0.124. The number of carbonyl (C=O) groups excluding carboxylic acids is 3. The summed E-state index contributed by atoms with van der Waals surface area (Å²) >= 11 is 1.27. The van der Waals surface area contributed by atoms with Crippen LogP contribution >= 0.6 is 11.3 Å². The fourth-order valence-electron chi connectivity index (χ4n) is 5.46. The maximum Gasteiger partial charge on any atom is 0.407 e. The first-order chi connectivity index (χ1) is 21.2. The Hall–Kier alpha value is -4.77. The number of guanidine groups is 1. The second-order valence-corrected chi connectivity index (χ2v) is 12.1. The first-order valence-electron chi connectivity index (χ1n) is 14.6. The van der Waals surface area contributed by atoms with E-state index < -0.39 is 24.1 Å². The molecule has 2 atom stereocenters. The molecule has 0 saturated carbocycles. The van der Waals surface area contributed by atoms with Crippen LogP contribution in [0.3, 0.4) is 0 Å². The summed E-state index contributed by atoms with van der Waals surface area (Å²) in [6, 6.07) is 21.8. The van der Waals surface area contributed by atoms with Gasteiger partial charge in [0.2, 0.25) is 11.7 Å². The number of thiazole rings is 1. The zero-order chi connectivity index (χ0) is 31.2. The number of aliphatic imine (C=N–C) groups is 1. The molecule has 10 nitrogen and oxygen atoms in total. The number of nitrogens with zero attached hydrogens (tertiary/aromatic N) is 2. The molecule has 11 heteroatoms. The van der Waals surface area contributed by atoms with E-state index in [1.807, 2.05) is 74.5 Å². The zero-order valence-electron chi connectivity index (χ0n) is 24.7. The fraction of sp³-hybridized carbons (Fsp3) is 0.303. The molecule has 3 aromatic carbocycles. The molecule has 0 aliphatic heterocycles. The predicted octanol–water partition coefficient (Wildman–Crippen LogP) is 4.58. The van der Waals surface area contributed by atoms with Crippen LogP contribution < -0.4 is 22.1 Å². The summed E-state index contributed by atoms with van der Waals surface area (Å²) in [6.45, 7) is 4.05. The van der Waals surface area contributed by atoms with E-state index in [9.17, 15) is 14.4 Å². The molecular formula is C33H36N6O4S. The fourth-order valence-corrected chi connectivity index (χ4v) is 6.42. The standard InChI is InChI=1S/C33H36N6O4S/c1-19(2)28(39-33(42)43-18-24-22-12-5-3-10-20(22)21-11-4-6-13-23(21)24)30(41)37-26(15-9-17-36-32(34)35)29(40)31-38-25-14-7-8-16-27(25)44-31/h3-8,10-14,16,19,24,26,28H,9,15,17-18H2,1-2H3,(H,37,41)(H,39,42)(H4,34,35,36)/t26-,28-/m0/s1. The number of carbonyl (C=O) groups is 3. The SMILES string of the molecule is CC(C)[C@H](NC(=O)OCC1c2ccccc2-c2ccccc21)C(=O)N[C@@H](CCCN=C(N)N)C(=O)c1nc2ccccc2s1. The summed E-state index contributed by atoms with van der Waals surface area (Å²) in [7, 11) is 0. The lowest BCUT2D eigenvalue weighted by Crippen LogP contribution is -2.53. The Morgan fingerprint density at radius 3 is 2.20 bits per heavy atom. The van der Waals surface area contributed by atoms with E-state index in [4.69, 9.17) is 16.2 Å². The van der Waals surface area contributed by atoms with Gasteiger partial charge >= 0.3 is 6.09 Å². The van der Waals surface area contributed by atoms with Gasteiger partial charge in [-0.2, -0.15) is 0 Å². The lowest BCUT2D eigenvalue weighted by atomic mass is 9.98. The molecule has 0 fully saturated rings. The van der Waals surface area contributed by atoms with Crippen LogP contribution in [0.4, 0.5) is 4.79 Å². The molecule has 1 heterocycles. The van der Waals surface area contributed by atoms with Crippen LogP contribution in [-0.2, 0) is 9.53 Å². The van der Waals surface area contributed by atoms with Crippen LogP contribution in [0.25, 0.3) is 21.3 Å². The van der Waals surface area contributed by atoms with E-state index in [0.717, 1.165) is 27.0 Å². The molecule has 0 unspecified atom stereocenters. The number of hydrogen-bond donors (Lipinski definition) is 4. The van der Waals surface area contributed by atoms with Crippen molar-refractivity contribution in [2.45, 2.75) is 44.7 Å². The second-order valence-electron chi connectivity index (χ2n) is 11.1. The smallest absolute Gasteiger partial charge is 0.407 e. The Morgan fingerprint density at radius 1 is 0.932 bits per heavy atom. The largest absolute Gasteiger partial charge is 0.449 e. The average molecular weight is 613 g/mol. The minimum atomic E-state index is -0.936. The van der Waals surface area contributed by atoms with Crippen LogP contribution in [0.2, 0.25) is 0 Å². The molecule has 0 spiro atoms. The summed E-state index contributed by atoms with van der Waals surface area (Å²) in [5.41, 5.74) is 16.0. The molecule has 0 radical (unpaired) electrons. The van der Waals surface area contributed by atoms with E-state index in [2.05, 4.69) is 32.7 Å². The van der Waals surface area contributed by atoms with Crippen LogP contribution in [-0.4, -0.2) is 54.0 Å². The number of ketones is 1. The first-order valence-corrected chi connectivity index (χ1v) is 15.4. The Morgan fingerprint density at radius 2 is 1.57 bits per heavy atom. The zero-order valence-corrected chi connectivity index (χ0v) is 25.5. The van der Waals surface area contributed by atoms with Crippen LogP contribution in [0.5, 0.6) is 0 Å². The molecule has 44 heavy (non-hydrogen) atoms. The summed E-state index contributed by atoms with van der Waals surface area (Å²) in [6.07, 6.45) is 0.0288. The highest BCUT2D eigenvalue weighted by atomic mass is 32.1. The highest BCUT2D eigenvalue weighted by Gasteiger charge is 2.32. The van der Waals surface area contributed by atoms with Gasteiger partial charge in [0.05, 0.1) is 16.3 Å². The molecule has 5 rings (SSSR count). The molecule has 1 aliphatic rings. The van der Waals surface area contributed by atoms with Crippen molar-refractivity contribution in [3.05, 3.63) is 88.9 Å². The van der Waals surface area contributed by atoms with E-state index in [0.29, 0.717) is 23.5 Å². The predicted molar refractivity (Wildman–Crippen MR) is 173 cm³/mol. The Labute approximate surface area is 259 Å². The van der Waals surface area contributed by atoms with Gasteiger partial charge in [0.15, 0.2) is 11.0 Å². The number of aromatic nitrogens is 1. The van der Waals surface area contributed by atoms with Gasteiger partial charge in [0.1, 0.15) is 12.6 Å². The number of para-hydroxylation sites is 1. The van der Waals surface area contributed by atoms with Gasteiger partial charge in [-0.25, -0.2) is 9.78 Å². The van der Waals surface area contributed by atoms with Crippen molar-refractivity contribution < 1.29 is 19.1 Å². The normalized spacial score (nSPS) is 13.5. The number of benzene rings is 3. The third-order valence-electron chi connectivity index (χ3n) is 7.65. The van der Waals surface area contributed by atoms with Crippen molar-refractivity contribution >= 4 is 45.3 Å².